The molecule has 0 radical (unpaired) electrons. The molecule has 1 aliphatic rings. The molecule has 0 bridgehead atoms. The molecule has 21 heavy (non-hydrogen) atoms. The number of aromatic amines is 1. The van der Waals surface area contributed by atoms with Crippen molar-refractivity contribution in [1.82, 2.24) is 15.3 Å². The van der Waals surface area contributed by atoms with Crippen LogP contribution in [0, 0.1) is 0 Å². The van der Waals surface area contributed by atoms with Crippen molar-refractivity contribution in [1.29, 1.82) is 0 Å². The lowest BCUT2D eigenvalue weighted by atomic mass is 10.2. The van der Waals surface area contributed by atoms with Gasteiger partial charge in [-0.25, -0.2) is 9.78 Å². The topological polar surface area (TPSA) is 88.3 Å². The number of benzene rings is 1. The number of ether oxygens (including phenoxy) is 2. The summed E-state index contributed by atoms with van der Waals surface area (Å²) < 4.78 is 10.9. The monoisotopic (exact) mass is 288 g/mol. The van der Waals surface area contributed by atoms with Gasteiger partial charge in [-0.05, 0) is 19.1 Å². The van der Waals surface area contributed by atoms with E-state index < -0.39 is 0 Å². The Morgan fingerprint density at radius 2 is 2.14 bits per heavy atom. The zero-order chi connectivity index (χ0) is 14.7. The van der Waals surface area contributed by atoms with Crippen LogP contribution in [0.25, 0.3) is 0 Å². The number of carbonyl (C=O) groups is 1. The Morgan fingerprint density at radius 3 is 2.90 bits per heavy atom. The van der Waals surface area contributed by atoms with Crippen LogP contribution in [-0.2, 0) is 0 Å². The Hall–Kier alpha value is -2.70. The predicted octanol–water partition coefficient (Wildman–Crippen LogP) is 2.06. The van der Waals surface area contributed by atoms with E-state index in [4.69, 9.17) is 9.47 Å². The van der Waals surface area contributed by atoms with E-state index in [0.29, 0.717) is 36.2 Å². The van der Waals surface area contributed by atoms with Crippen molar-refractivity contribution in [2.24, 2.45) is 0 Å². The number of aromatic nitrogens is 2. The molecule has 0 unspecified atom stereocenters. The number of hydrogen-bond donors (Lipinski definition) is 3. The standard InChI is InChI=1S/C14H16N4O3/c1-9(13-15-4-5-16-13)17-14(19)18-10-2-3-11-12(8-10)21-7-6-20-11/h2-5,8-9H,6-7H2,1H3,(H,15,16)(H2,17,18,19)/t9-/m1/s1. The molecule has 0 fully saturated rings. The van der Waals surface area contributed by atoms with Crippen molar-refractivity contribution >= 4 is 11.7 Å². The van der Waals surface area contributed by atoms with Gasteiger partial charge in [-0.3, -0.25) is 0 Å². The summed E-state index contributed by atoms with van der Waals surface area (Å²) in [5, 5.41) is 5.55. The number of carbonyl (C=O) groups excluding carboxylic acids is 1. The fourth-order valence-electron chi connectivity index (χ4n) is 2.07. The summed E-state index contributed by atoms with van der Waals surface area (Å²) in [6.45, 7) is 2.90. The van der Waals surface area contributed by atoms with E-state index in [1.54, 1.807) is 30.6 Å². The summed E-state index contributed by atoms with van der Waals surface area (Å²) in [5.74, 6) is 2.03. The van der Waals surface area contributed by atoms with Gasteiger partial charge in [0.2, 0.25) is 0 Å². The first-order chi connectivity index (χ1) is 10.2. The molecule has 110 valence electrons. The SMILES string of the molecule is C[C@@H](NC(=O)Nc1ccc2c(c1)OCCO2)c1ncc[nH]1. The van der Waals surface area contributed by atoms with Gasteiger partial charge < -0.3 is 25.1 Å². The normalized spacial score (nSPS) is 14.3. The predicted molar refractivity (Wildman–Crippen MR) is 76.6 cm³/mol. The van der Waals surface area contributed by atoms with E-state index in [-0.39, 0.29) is 12.1 Å². The van der Waals surface area contributed by atoms with Crippen molar-refractivity contribution in [2.45, 2.75) is 13.0 Å². The second-order valence-corrected chi connectivity index (χ2v) is 4.65. The van der Waals surface area contributed by atoms with Crippen LogP contribution >= 0.6 is 0 Å². The van der Waals surface area contributed by atoms with Gasteiger partial charge in [0, 0.05) is 24.1 Å². The maximum absolute atomic E-state index is 12.0. The molecule has 1 aromatic heterocycles. The van der Waals surface area contributed by atoms with E-state index in [0.717, 1.165) is 0 Å². The zero-order valence-electron chi connectivity index (χ0n) is 11.6. The molecule has 1 atom stereocenters. The number of hydrogen-bond acceptors (Lipinski definition) is 4. The summed E-state index contributed by atoms with van der Waals surface area (Å²) in [7, 11) is 0. The third kappa shape index (κ3) is 3.07. The van der Waals surface area contributed by atoms with Gasteiger partial charge in [-0.15, -0.1) is 0 Å². The van der Waals surface area contributed by atoms with Gasteiger partial charge in [-0.2, -0.15) is 0 Å². The Kier molecular flexibility index (Phi) is 3.63. The van der Waals surface area contributed by atoms with Crippen molar-refractivity contribution < 1.29 is 14.3 Å². The molecule has 7 heteroatoms. The molecule has 3 N–H and O–H groups in total. The van der Waals surface area contributed by atoms with Crippen molar-refractivity contribution in [3.05, 3.63) is 36.4 Å². The van der Waals surface area contributed by atoms with Crippen LogP contribution in [0.3, 0.4) is 0 Å². The van der Waals surface area contributed by atoms with Crippen molar-refractivity contribution in [2.75, 3.05) is 18.5 Å². The molecule has 2 heterocycles. The molecule has 1 aromatic carbocycles. The number of nitrogens with zero attached hydrogens (tertiary/aromatic N) is 1. The van der Waals surface area contributed by atoms with E-state index in [1.165, 1.54) is 0 Å². The number of amides is 2. The van der Waals surface area contributed by atoms with E-state index in [9.17, 15) is 4.79 Å². The van der Waals surface area contributed by atoms with Gasteiger partial charge in [0.25, 0.3) is 0 Å². The average molecular weight is 288 g/mol. The van der Waals surface area contributed by atoms with Crippen LogP contribution in [0.4, 0.5) is 10.5 Å². The number of urea groups is 1. The molecule has 7 nitrogen and oxygen atoms in total. The Bertz CT molecular complexity index is 627. The number of nitrogens with one attached hydrogen (secondary N) is 3. The maximum atomic E-state index is 12.0. The minimum Gasteiger partial charge on any atom is -0.486 e. The Morgan fingerprint density at radius 1 is 1.33 bits per heavy atom. The third-order valence-corrected chi connectivity index (χ3v) is 3.08. The maximum Gasteiger partial charge on any atom is 0.319 e. The minimum atomic E-state index is -0.310. The third-order valence-electron chi connectivity index (χ3n) is 3.08. The fraction of sp³-hybridized carbons (Fsp3) is 0.286. The van der Waals surface area contributed by atoms with Gasteiger partial charge in [0.1, 0.15) is 19.0 Å². The first-order valence-electron chi connectivity index (χ1n) is 6.69. The number of anilines is 1. The highest BCUT2D eigenvalue weighted by molar-refractivity contribution is 5.89. The number of imidazole rings is 1. The quantitative estimate of drug-likeness (QED) is 0.806. The molecular weight excluding hydrogens is 272 g/mol. The van der Waals surface area contributed by atoms with E-state index in [2.05, 4.69) is 20.6 Å². The van der Waals surface area contributed by atoms with Crippen molar-refractivity contribution in [3.63, 3.8) is 0 Å². The van der Waals surface area contributed by atoms with Crippen LogP contribution in [0.5, 0.6) is 11.5 Å². The van der Waals surface area contributed by atoms with E-state index >= 15 is 0 Å². The minimum absolute atomic E-state index is 0.211. The molecular formula is C14H16N4O3. The van der Waals surface area contributed by atoms with Crippen LogP contribution in [0.2, 0.25) is 0 Å². The zero-order valence-corrected chi connectivity index (χ0v) is 11.6. The van der Waals surface area contributed by atoms with Crippen molar-refractivity contribution in [3.8, 4) is 11.5 Å². The Labute approximate surface area is 121 Å². The Balaban J connectivity index is 1.62. The van der Waals surface area contributed by atoms with Gasteiger partial charge in [-0.1, -0.05) is 0 Å². The summed E-state index contributed by atoms with van der Waals surface area (Å²) >= 11 is 0. The first-order valence-corrected chi connectivity index (χ1v) is 6.69. The summed E-state index contributed by atoms with van der Waals surface area (Å²) in [4.78, 5) is 19.0. The molecule has 0 spiro atoms. The lowest BCUT2D eigenvalue weighted by molar-refractivity contribution is 0.171. The number of H-pyrrole nitrogens is 1. The number of rotatable bonds is 3. The molecule has 3 rings (SSSR count). The molecule has 0 aliphatic carbocycles. The molecule has 2 amide bonds. The van der Waals surface area contributed by atoms with Crippen LogP contribution < -0.4 is 20.1 Å². The average Bonchev–Trinajstić information content (AvgIpc) is 3.01. The van der Waals surface area contributed by atoms with E-state index in [1.807, 2.05) is 6.92 Å². The first kappa shape index (κ1) is 13.3. The summed E-state index contributed by atoms with van der Waals surface area (Å²) in [5.41, 5.74) is 0.642. The van der Waals surface area contributed by atoms with Gasteiger partial charge in [0.15, 0.2) is 11.5 Å². The van der Waals surface area contributed by atoms with Crippen LogP contribution in [-0.4, -0.2) is 29.2 Å². The lowest BCUT2D eigenvalue weighted by Gasteiger charge is -2.19. The summed E-state index contributed by atoms with van der Waals surface area (Å²) in [6.07, 6.45) is 3.36. The highest BCUT2D eigenvalue weighted by Crippen LogP contribution is 2.32. The number of fused-ring (bicyclic) bond motifs is 1. The molecule has 2 aromatic rings. The van der Waals surface area contributed by atoms with Gasteiger partial charge in [0.05, 0.1) is 6.04 Å². The largest absolute Gasteiger partial charge is 0.486 e. The lowest BCUT2D eigenvalue weighted by Crippen LogP contribution is -2.31. The molecule has 0 saturated carbocycles. The van der Waals surface area contributed by atoms with Crippen LogP contribution in [0.1, 0.15) is 18.8 Å². The van der Waals surface area contributed by atoms with Crippen LogP contribution in [0.15, 0.2) is 30.6 Å². The second-order valence-electron chi connectivity index (χ2n) is 4.65. The smallest absolute Gasteiger partial charge is 0.319 e. The molecule has 0 saturated heterocycles. The molecule has 1 aliphatic heterocycles. The highest BCUT2D eigenvalue weighted by atomic mass is 16.6. The second kappa shape index (κ2) is 5.74. The van der Waals surface area contributed by atoms with Gasteiger partial charge >= 0.3 is 6.03 Å². The highest BCUT2D eigenvalue weighted by Gasteiger charge is 2.14. The fourth-order valence-corrected chi connectivity index (χ4v) is 2.07. The summed E-state index contributed by atoms with van der Waals surface area (Å²) in [6, 6.07) is 4.77.